The monoisotopic (exact) mass is 410 g/mol. The third-order valence-corrected chi connectivity index (χ3v) is 6.09. The van der Waals surface area contributed by atoms with E-state index in [9.17, 15) is 4.79 Å². The number of H-pyrrole nitrogens is 1. The van der Waals surface area contributed by atoms with Crippen molar-refractivity contribution < 1.29 is 14.3 Å². The maximum Gasteiger partial charge on any atom is 0.223 e. The van der Waals surface area contributed by atoms with Crippen molar-refractivity contribution in [3.8, 4) is 11.5 Å². The Morgan fingerprint density at radius 2 is 1.86 bits per heavy atom. The van der Waals surface area contributed by atoms with Crippen molar-refractivity contribution in [2.24, 2.45) is 0 Å². The van der Waals surface area contributed by atoms with Crippen LogP contribution < -0.4 is 9.47 Å². The largest absolute Gasteiger partial charge is 0.486 e. The Morgan fingerprint density at radius 3 is 2.69 bits per heavy atom. The van der Waals surface area contributed by atoms with Crippen LogP contribution in [0, 0.1) is 0 Å². The van der Waals surface area contributed by atoms with Crippen molar-refractivity contribution in [3.05, 3.63) is 58.7 Å². The molecule has 0 spiro atoms. The van der Waals surface area contributed by atoms with E-state index in [2.05, 4.69) is 4.98 Å². The van der Waals surface area contributed by atoms with E-state index in [1.165, 1.54) is 0 Å². The number of fused-ring (bicyclic) bond motifs is 2. The Balaban J connectivity index is 1.57. The number of rotatable bonds is 4. The van der Waals surface area contributed by atoms with Crippen LogP contribution in [-0.2, 0) is 4.79 Å². The summed E-state index contributed by atoms with van der Waals surface area (Å²) in [6, 6.07) is 11.8. The molecular formula is C23H23ClN2O3. The van der Waals surface area contributed by atoms with Gasteiger partial charge in [-0.05, 0) is 54.3 Å². The minimum atomic E-state index is -0.0915. The number of hydrogen-bond acceptors (Lipinski definition) is 3. The van der Waals surface area contributed by atoms with Crippen LogP contribution in [0.3, 0.4) is 0 Å². The Bertz CT molecular complexity index is 1060. The Labute approximate surface area is 174 Å². The lowest BCUT2D eigenvalue weighted by Gasteiger charge is -2.24. The quantitative estimate of drug-likeness (QED) is 0.676. The van der Waals surface area contributed by atoms with Gasteiger partial charge in [-0.25, -0.2) is 0 Å². The molecule has 1 N–H and O–H groups in total. The number of carbonyl (C=O) groups excluding carboxylic acids is 1. The van der Waals surface area contributed by atoms with E-state index in [1.54, 1.807) is 0 Å². The highest BCUT2D eigenvalue weighted by atomic mass is 35.5. The summed E-state index contributed by atoms with van der Waals surface area (Å²) in [4.78, 5) is 18.4. The Kier molecular flexibility index (Phi) is 4.84. The molecule has 6 heteroatoms. The highest BCUT2D eigenvalue weighted by molar-refractivity contribution is 6.31. The van der Waals surface area contributed by atoms with E-state index in [1.807, 2.05) is 47.5 Å². The summed E-state index contributed by atoms with van der Waals surface area (Å²) in [5.41, 5.74) is 3.13. The van der Waals surface area contributed by atoms with Gasteiger partial charge in [-0.1, -0.05) is 17.7 Å². The lowest BCUT2D eigenvalue weighted by atomic mass is 9.87. The highest BCUT2D eigenvalue weighted by Crippen LogP contribution is 2.39. The molecule has 0 bridgehead atoms. The fourth-order valence-electron chi connectivity index (χ4n) is 4.36. The highest BCUT2D eigenvalue weighted by Gasteiger charge is 2.27. The van der Waals surface area contributed by atoms with Crippen LogP contribution in [0.15, 0.2) is 42.6 Å². The van der Waals surface area contributed by atoms with Crippen LogP contribution in [0.25, 0.3) is 10.9 Å². The van der Waals surface area contributed by atoms with Gasteiger partial charge in [-0.3, -0.25) is 4.79 Å². The number of likely N-dealkylation sites (tertiary alicyclic amines) is 1. The molecule has 1 aromatic heterocycles. The summed E-state index contributed by atoms with van der Waals surface area (Å²) in [6.07, 6.45) is 4.59. The number of benzene rings is 2. The van der Waals surface area contributed by atoms with Gasteiger partial charge in [-0.2, -0.15) is 0 Å². The molecule has 0 radical (unpaired) electrons. The van der Waals surface area contributed by atoms with Gasteiger partial charge in [0.05, 0.1) is 0 Å². The second kappa shape index (κ2) is 7.64. The zero-order valence-electron chi connectivity index (χ0n) is 16.1. The number of ether oxygens (including phenoxy) is 2. The number of aromatic nitrogens is 1. The molecule has 2 aromatic carbocycles. The van der Waals surface area contributed by atoms with Gasteiger partial charge in [0.2, 0.25) is 5.91 Å². The first kappa shape index (κ1) is 18.4. The number of hydrogen-bond donors (Lipinski definition) is 1. The number of halogens is 1. The standard InChI is InChI=1S/C23H23ClN2O3/c24-16-4-5-20-18(12-16)19(14-25-20)17(13-23(27)26-7-1-2-8-26)15-3-6-21-22(11-15)29-10-9-28-21/h3-6,11-12,14,17,25H,1-2,7-10,13H2/t17-/m1/s1. The zero-order valence-corrected chi connectivity index (χ0v) is 16.9. The van der Waals surface area contributed by atoms with Crippen molar-refractivity contribution in [1.82, 2.24) is 9.88 Å². The number of nitrogens with one attached hydrogen (secondary N) is 1. The van der Waals surface area contributed by atoms with E-state index in [0.29, 0.717) is 24.7 Å². The molecule has 1 amide bonds. The minimum absolute atomic E-state index is 0.0915. The maximum atomic E-state index is 13.0. The van der Waals surface area contributed by atoms with Crippen LogP contribution in [0.2, 0.25) is 5.02 Å². The second-order valence-electron chi connectivity index (χ2n) is 7.68. The van der Waals surface area contributed by atoms with Gasteiger partial charge in [0, 0.05) is 47.6 Å². The van der Waals surface area contributed by atoms with E-state index < -0.39 is 0 Å². The van der Waals surface area contributed by atoms with E-state index in [4.69, 9.17) is 21.1 Å². The van der Waals surface area contributed by atoms with Gasteiger partial charge >= 0.3 is 0 Å². The summed E-state index contributed by atoms with van der Waals surface area (Å²) < 4.78 is 11.5. The Hall–Kier alpha value is -2.66. The summed E-state index contributed by atoms with van der Waals surface area (Å²) >= 11 is 6.28. The summed E-state index contributed by atoms with van der Waals surface area (Å²) in [6.45, 7) is 2.81. The zero-order chi connectivity index (χ0) is 19.8. The summed E-state index contributed by atoms with van der Waals surface area (Å²) in [5.74, 6) is 1.60. The van der Waals surface area contributed by atoms with E-state index >= 15 is 0 Å². The molecule has 3 aromatic rings. The maximum absolute atomic E-state index is 13.0. The molecule has 1 fully saturated rings. The van der Waals surface area contributed by atoms with Crippen LogP contribution in [0.4, 0.5) is 0 Å². The third kappa shape index (κ3) is 3.55. The molecule has 1 saturated heterocycles. The van der Waals surface area contributed by atoms with Gasteiger partial charge in [-0.15, -0.1) is 0 Å². The minimum Gasteiger partial charge on any atom is -0.486 e. The number of amides is 1. The van der Waals surface area contributed by atoms with Gasteiger partial charge in [0.15, 0.2) is 11.5 Å². The molecule has 5 rings (SSSR count). The smallest absolute Gasteiger partial charge is 0.223 e. The average Bonchev–Trinajstić information content (AvgIpc) is 3.42. The number of nitrogens with zero attached hydrogens (tertiary/aromatic N) is 1. The van der Waals surface area contributed by atoms with Crippen molar-refractivity contribution in [1.29, 1.82) is 0 Å². The first-order valence-corrected chi connectivity index (χ1v) is 10.5. The normalized spacial score (nSPS) is 16.9. The molecule has 150 valence electrons. The third-order valence-electron chi connectivity index (χ3n) is 5.86. The molecule has 2 aliphatic heterocycles. The fourth-order valence-corrected chi connectivity index (χ4v) is 4.53. The molecule has 2 aliphatic rings. The lowest BCUT2D eigenvalue weighted by molar-refractivity contribution is -0.130. The molecule has 0 unspecified atom stereocenters. The van der Waals surface area contributed by atoms with Crippen molar-refractivity contribution in [3.63, 3.8) is 0 Å². The van der Waals surface area contributed by atoms with Crippen molar-refractivity contribution in [2.75, 3.05) is 26.3 Å². The first-order chi connectivity index (χ1) is 14.2. The summed E-state index contributed by atoms with van der Waals surface area (Å²) in [5, 5.41) is 1.73. The van der Waals surface area contributed by atoms with E-state index in [-0.39, 0.29) is 11.8 Å². The van der Waals surface area contributed by atoms with Crippen molar-refractivity contribution in [2.45, 2.75) is 25.2 Å². The Morgan fingerprint density at radius 1 is 1.07 bits per heavy atom. The topological polar surface area (TPSA) is 54.6 Å². The van der Waals surface area contributed by atoms with Crippen LogP contribution >= 0.6 is 11.6 Å². The predicted molar refractivity (Wildman–Crippen MR) is 113 cm³/mol. The lowest BCUT2D eigenvalue weighted by Crippen LogP contribution is -2.29. The van der Waals surface area contributed by atoms with E-state index in [0.717, 1.165) is 59.5 Å². The first-order valence-electron chi connectivity index (χ1n) is 10.1. The molecule has 0 aliphatic carbocycles. The number of aromatic amines is 1. The molecular weight excluding hydrogens is 388 g/mol. The van der Waals surface area contributed by atoms with Crippen LogP contribution in [0.5, 0.6) is 11.5 Å². The molecule has 1 atom stereocenters. The molecule has 5 nitrogen and oxygen atoms in total. The SMILES string of the molecule is O=C(C[C@H](c1ccc2c(c1)OCCO2)c1c[nH]c2ccc(Cl)cc12)N1CCCC1. The summed E-state index contributed by atoms with van der Waals surface area (Å²) in [7, 11) is 0. The van der Waals surface area contributed by atoms with Gasteiger partial charge in [0.25, 0.3) is 0 Å². The fraction of sp³-hybridized carbons (Fsp3) is 0.348. The molecule has 0 saturated carbocycles. The number of carbonyl (C=O) groups is 1. The molecule has 29 heavy (non-hydrogen) atoms. The second-order valence-corrected chi connectivity index (χ2v) is 8.12. The van der Waals surface area contributed by atoms with Gasteiger partial charge < -0.3 is 19.4 Å². The van der Waals surface area contributed by atoms with Crippen LogP contribution in [0.1, 0.15) is 36.3 Å². The van der Waals surface area contributed by atoms with Gasteiger partial charge in [0.1, 0.15) is 13.2 Å². The van der Waals surface area contributed by atoms with Crippen molar-refractivity contribution >= 4 is 28.4 Å². The average molecular weight is 411 g/mol. The molecule has 3 heterocycles. The predicted octanol–water partition coefficient (Wildman–Crippen LogP) is 4.74. The van der Waals surface area contributed by atoms with Crippen LogP contribution in [-0.4, -0.2) is 42.1 Å².